The van der Waals surface area contributed by atoms with Gasteiger partial charge in [-0.3, -0.25) is 0 Å². The first-order chi connectivity index (χ1) is 13.2. The fourth-order valence-electron chi connectivity index (χ4n) is 2.86. The maximum atomic E-state index is 12.2. The third-order valence-electron chi connectivity index (χ3n) is 4.15. The zero-order valence-corrected chi connectivity index (χ0v) is 14.6. The van der Waals surface area contributed by atoms with Crippen LogP contribution in [0, 0.1) is 0 Å². The van der Waals surface area contributed by atoms with Crippen molar-refractivity contribution in [1.29, 1.82) is 0 Å². The molecule has 0 amide bonds. The molecule has 0 N–H and O–H groups in total. The minimum atomic E-state index is -0.462. The van der Waals surface area contributed by atoms with Gasteiger partial charge in [-0.1, -0.05) is 55.1 Å². The molecular weight excluding hydrogens is 338 g/mol. The van der Waals surface area contributed by atoms with Crippen LogP contribution in [0.15, 0.2) is 90.1 Å². The van der Waals surface area contributed by atoms with Crippen molar-refractivity contribution in [3.63, 3.8) is 0 Å². The van der Waals surface area contributed by atoms with Crippen molar-refractivity contribution in [3.8, 4) is 5.75 Å². The first-order valence-electron chi connectivity index (χ1n) is 8.58. The number of benzene rings is 3. The van der Waals surface area contributed by atoms with Crippen molar-refractivity contribution in [2.75, 3.05) is 6.61 Å². The molecule has 27 heavy (non-hydrogen) atoms. The summed E-state index contributed by atoms with van der Waals surface area (Å²) >= 11 is 0. The standard InChI is InChI=1S/C23H17NO3/c1-2-12-26-20-9-5-6-16(13-20)14-21-23(25)27-22(24-21)19-11-10-17-7-3-4-8-18(17)15-19/h2-11,13-15H,1,12H2/b21-14-. The van der Waals surface area contributed by atoms with Crippen molar-refractivity contribution in [1.82, 2.24) is 0 Å². The van der Waals surface area contributed by atoms with E-state index in [0.717, 1.165) is 21.9 Å². The van der Waals surface area contributed by atoms with Crippen LogP contribution in [-0.2, 0) is 9.53 Å². The number of carbonyl (C=O) groups excluding carboxylic acids is 1. The summed E-state index contributed by atoms with van der Waals surface area (Å²) in [7, 11) is 0. The number of rotatable bonds is 5. The van der Waals surface area contributed by atoms with E-state index in [1.807, 2.05) is 66.7 Å². The van der Waals surface area contributed by atoms with Crippen LogP contribution in [0.5, 0.6) is 5.75 Å². The van der Waals surface area contributed by atoms with Gasteiger partial charge in [0, 0.05) is 5.56 Å². The number of esters is 1. The van der Waals surface area contributed by atoms with Crippen LogP contribution in [0.4, 0.5) is 0 Å². The van der Waals surface area contributed by atoms with Gasteiger partial charge < -0.3 is 9.47 Å². The lowest BCUT2D eigenvalue weighted by Gasteiger charge is -2.03. The number of nitrogens with zero attached hydrogens (tertiary/aromatic N) is 1. The number of cyclic esters (lactones) is 1. The van der Waals surface area contributed by atoms with E-state index >= 15 is 0 Å². The van der Waals surface area contributed by atoms with E-state index in [4.69, 9.17) is 9.47 Å². The molecule has 0 spiro atoms. The smallest absolute Gasteiger partial charge is 0.363 e. The fourth-order valence-corrected chi connectivity index (χ4v) is 2.86. The number of ether oxygens (including phenoxy) is 2. The first kappa shape index (κ1) is 16.8. The topological polar surface area (TPSA) is 47.9 Å². The van der Waals surface area contributed by atoms with Gasteiger partial charge in [0.05, 0.1) is 0 Å². The minimum absolute atomic E-state index is 0.263. The molecule has 0 bridgehead atoms. The maximum absolute atomic E-state index is 12.2. The Labute approximate surface area is 157 Å². The van der Waals surface area contributed by atoms with Gasteiger partial charge in [0.15, 0.2) is 5.70 Å². The molecule has 0 saturated heterocycles. The fraction of sp³-hybridized carbons (Fsp3) is 0.0435. The van der Waals surface area contributed by atoms with E-state index in [1.54, 1.807) is 12.2 Å². The van der Waals surface area contributed by atoms with E-state index in [-0.39, 0.29) is 5.70 Å². The summed E-state index contributed by atoms with van der Waals surface area (Å²) in [6.45, 7) is 4.05. The SMILES string of the molecule is C=CCOc1cccc(/C=C2\N=C(c3ccc4ccccc4c3)OC2=O)c1. The van der Waals surface area contributed by atoms with Crippen LogP contribution in [0.25, 0.3) is 16.8 Å². The normalized spacial score (nSPS) is 14.9. The van der Waals surface area contributed by atoms with Crippen molar-refractivity contribution < 1.29 is 14.3 Å². The summed E-state index contributed by atoms with van der Waals surface area (Å²) in [5.74, 6) is 0.556. The first-order valence-corrected chi connectivity index (χ1v) is 8.58. The van der Waals surface area contributed by atoms with Crippen molar-refractivity contribution >= 4 is 28.7 Å². The Morgan fingerprint density at radius 1 is 1.00 bits per heavy atom. The van der Waals surface area contributed by atoms with Gasteiger partial charge in [0.25, 0.3) is 0 Å². The van der Waals surface area contributed by atoms with Crippen LogP contribution in [0.1, 0.15) is 11.1 Å². The second kappa shape index (κ2) is 7.30. The highest BCUT2D eigenvalue weighted by Crippen LogP contribution is 2.23. The van der Waals surface area contributed by atoms with Crippen LogP contribution in [-0.4, -0.2) is 18.5 Å². The summed E-state index contributed by atoms with van der Waals surface area (Å²) in [4.78, 5) is 16.6. The molecule has 0 atom stereocenters. The Hall–Kier alpha value is -3.66. The number of aliphatic imine (C=N–C) groups is 1. The summed E-state index contributed by atoms with van der Waals surface area (Å²) in [6, 6.07) is 21.3. The number of fused-ring (bicyclic) bond motifs is 1. The lowest BCUT2D eigenvalue weighted by molar-refractivity contribution is -0.129. The molecule has 4 nitrogen and oxygen atoms in total. The van der Waals surface area contributed by atoms with Gasteiger partial charge in [-0.05, 0) is 46.7 Å². The quantitative estimate of drug-likeness (QED) is 0.377. The molecule has 0 aromatic heterocycles. The molecule has 1 heterocycles. The van der Waals surface area contributed by atoms with Crippen LogP contribution in [0.2, 0.25) is 0 Å². The van der Waals surface area contributed by atoms with Gasteiger partial charge in [-0.2, -0.15) is 0 Å². The Bertz CT molecular complexity index is 1100. The van der Waals surface area contributed by atoms with Gasteiger partial charge in [-0.25, -0.2) is 9.79 Å². The predicted molar refractivity (Wildman–Crippen MR) is 107 cm³/mol. The second-order valence-corrected chi connectivity index (χ2v) is 6.07. The number of carbonyl (C=O) groups is 1. The van der Waals surface area contributed by atoms with E-state index in [2.05, 4.69) is 11.6 Å². The summed E-state index contributed by atoms with van der Waals surface area (Å²) in [5.41, 5.74) is 1.85. The van der Waals surface area contributed by atoms with Crippen LogP contribution in [0.3, 0.4) is 0 Å². The number of hydrogen-bond acceptors (Lipinski definition) is 4. The Morgan fingerprint density at radius 2 is 1.85 bits per heavy atom. The summed E-state index contributed by atoms with van der Waals surface area (Å²) in [6.07, 6.45) is 3.37. The molecule has 132 valence electrons. The molecule has 0 unspecified atom stereocenters. The third-order valence-corrected chi connectivity index (χ3v) is 4.15. The van der Waals surface area contributed by atoms with Crippen molar-refractivity contribution in [3.05, 3.63) is 96.2 Å². The van der Waals surface area contributed by atoms with E-state index in [9.17, 15) is 4.79 Å². The van der Waals surface area contributed by atoms with Crippen molar-refractivity contribution in [2.24, 2.45) is 4.99 Å². The van der Waals surface area contributed by atoms with Gasteiger partial charge in [0.1, 0.15) is 12.4 Å². The van der Waals surface area contributed by atoms with E-state index in [0.29, 0.717) is 18.3 Å². The van der Waals surface area contributed by atoms with Crippen molar-refractivity contribution in [2.45, 2.75) is 0 Å². The van der Waals surface area contributed by atoms with Crippen LogP contribution >= 0.6 is 0 Å². The Kier molecular flexibility index (Phi) is 4.54. The molecule has 1 aliphatic heterocycles. The monoisotopic (exact) mass is 355 g/mol. The molecule has 0 aliphatic carbocycles. The minimum Gasteiger partial charge on any atom is -0.490 e. The second-order valence-electron chi connectivity index (χ2n) is 6.07. The molecule has 4 heteroatoms. The van der Waals surface area contributed by atoms with E-state index in [1.165, 1.54) is 0 Å². The highest BCUT2D eigenvalue weighted by Gasteiger charge is 2.24. The summed E-state index contributed by atoms with van der Waals surface area (Å²) in [5, 5.41) is 2.19. The molecule has 0 fully saturated rings. The zero-order valence-electron chi connectivity index (χ0n) is 14.6. The maximum Gasteiger partial charge on any atom is 0.363 e. The van der Waals surface area contributed by atoms with Gasteiger partial charge >= 0.3 is 5.97 Å². The van der Waals surface area contributed by atoms with Crippen LogP contribution < -0.4 is 4.74 Å². The molecular formula is C23H17NO3. The molecule has 4 rings (SSSR count). The summed E-state index contributed by atoms with van der Waals surface area (Å²) < 4.78 is 10.9. The Morgan fingerprint density at radius 3 is 2.70 bits per heavy atom. The van der Waals surface area contributed by atoms with E-state index < -0.39 is 5.97 Å². The lowest BCUT2D eigenvalue weighted by Crippen LogP contribution is -2.05. The highest BCUT2D eigenvalue weighted by molar-refractivity contribution is 6.13. The molecule has 0 radical (unpaired) electrons. The van der Waals surface area contributed by atoms with Gasteiger partial charge in [0.2, 0.25) is 5.90 Å². The molecule has 0 saturated carbocycles. The molecule has 3 aromatic rings. The zero-order chi connectivity index (χ0) is 18.6. The Balaban J connectivity index is 1.64. The molecule has 1 aliphatic rings. The largest absolute Gasteiger partial charge is 0.490 e. The number of hydrogen-bond donors (Lipinski definition) is 0. The molecule has 3 aromatic carbocycles. The predicted octanol–water partition coefficient (Wildman–Crippen LogP) is 4.75. The van der Waals surface area contributed by atoms with Gasteiger partial charge in [-0.15, -0.1) is 0 Å². The average Bonchev–Trinajstić information content (AvgIpc) is 3.06. The lowest BCUT2D eigenvalue weighted by atomic mass is 10.1. The third kappa shape index (κ3) is 3.65. The average molecular weight is 355 g/mol. The highest BCUT2D eigenvalue weighted by atomic mass is 16.6.